The Balaban J connectivity index is 1.97. The summed E-state index contributed by atoms with van der Waals surface area (Å²) < 4.78 is 40.7. The lowest BCUT2D eigenvalue weighted by molar-refractivity contribution is -0.114. The van der Waals surface area contributed by atoms with Crippen molar-refractivity contribution < 1.29 is 27.9 Å². The second-order valence-corrected chi connectivity index (χ2v) is 6.74. The summed E-state index contributed by atoms with van der Waals surface area (Å²) in [7, 11) is 0. The van der Waals surface area contributed by atoms with Crippen LogP contribution in [0.25, 0.3) is 6.08 Å². The molecule has 162 valence electrons. The molecule has 1 heterocycles. The summed E-state index contributed by atoms with van der Waals surface area (Å²) in [6.45, 7) is 5.58. The van der Waals surface area contributed by atoms with E-state index in [1.165, 1.54) is 24.3 Å². The summed E-state index contributed by atoms with van der Waals surface area (Å²) >= 11 is 0. The van der Waals surface area contributed by atoms with E-state index in [4.69, 9.17) is 5.11 Å². The summed E-state index contributed by atoms with van der Waals surface area (Å²) in [4.78, 5) is 25.8. The third-order valence-electron chi connectivity index (χ3n) is 4.84. The number of nitrogens with zero attached hydrogens (tertiary/aromatic N) is 3. The van der Waals surface area contributed by atoms with Gasteiger partial charge in [-0.3, -0.25) is 4.79 Å². The van der Waals surface area contributed by atoms with E-state index < -0.39 is 29.3 Å². The van der Waals surface area contributed by atoms with Crippen LogP contribution in [0, 0.1) is 0 Å². The second-order valence-electron chi connectivity index (χ2n) is 6.74. The lowest BCUT2D eigenvalue weighted by atomic mass is 10.1. The van der Waals surface area contributed by atoms with E-state index >= 15 is 0 Å². The van der Waals surface area contributed by atoms with Gasteiger partial charge in [0, 0.05) is 18.8 Å². The first kappa shape index (κ1) is 22.1. The molecule has 0 bridgehead atoms. The monoisotopic (exact) mass is 431 g/mol. The molecule has 0 aliphatic carbocycles. The minimum Gasteiger partial charge on any atom is -0.478 e. The Morgan fingerprint density at radius 1 is 1.06 bits per heavy atom. The van der Waals surface area contributed by atoms with Crippen LogP contribution < -0.4 is 9.91 Å². The van der Waals surface area contributed by atoms with E-state index in [2.05, 4.69) is 10.0 Å². The summed E-state index contributed by atoms with van der Waals surface area (Å²) in [5.41, 5.74) is -0.538. The molecular formula is C22H20F3N3O3. The lowest BCUT2D eigenvalue weighted by Gasteiger charge is -2.20. The molecular weight excluding hydrogens is 411 g/mol. The lowest BCUT2D eigenvalue weighted by Crippen LogP contribution is -2.25. The Bertz CT molecular complexity index is 1040. The highest BCUT2D eigenvalue weighted by atomic mass is 19.4. The van der Waals surface area contributed by atoms with Crippen LogP contribution in [-0.4, -0.2) is 42.0 Å². The number of amides is 1. The third kappa shape index (κ3) is 4.60. The molecule has 1 aliphatic heterocycles. The summed E-state index contributed by atoms with van der Waals surface area (Å²) in [6, 6.07) is 11.7. The van der Waals surface area contributed by atoms with Gasteiger partial charge in [0.05, 0.1) is 16.8 Å². The van der Waals surface area contributed by atoms with Crippen molar-refractivity contribution in [2.75, 3.05) is 23.0 Å². The SMILES string of the molecule is CCN(CC)c1ccc(/C=C2\C(=O)N(c3ccc(C(=O)O)cc3)N=C2C(F)(F)F)cc1. The number of anilines is 2. The van der Waals surface area contributed by atoms with Crippen LogP contribution in [-0.2, 0) is 4.79 Å². The van der Waals surface area contributed by atoms with Gasteiger partial charge in [-0.2, -0.15) is 23.3 Å². The molecule has 1 amide bonds. The van der Waals surface area contributed by atoms with E-state index in [1.807, 2.05) is 13.8 Å². The molecule has 0 fully saturated rings. The van der Waals surface area contributed by atoms with Gasteiger partial charge in [0.1, 0.15) is 0 Å². The van der Waals surface area contributed by atoms with Crippen LogP contribution >= 0.6 is 0 Å². The van der Waals surface area contributed by atoms with Crippen LogP contribution in [0.3, 0.4) is 0 Å². The minimum atomic E-state index is -4.83. The number of carbonyl (C=O) groups is 2. The van der Waals surface area contributed by atoms with Gasteiger partial charge in [0.25, 0.3) is 5.91 Å². The molecule has 0 aromatic heterocycles. The van der Waals surface area contributed by atoms with E-state index in [0.717, 1.165) is 24.9 Å². The molecule has 2 aromatic rings. The highest BCUT2D eigenvalue weighted by molar-refractivity contribution is 6.34. The van der Waals surface area contributed by atoms with Gasteiger partial charge >= 0.3 is 12.1 Å². The first-order valence-corrected chi connectivity index (χ1v) is 9.56. The van der Waals surface area contributed by atoms with Crippen molar-refractivity contribution >= 4 is 35.0 Å². The first-order chi connectivity index (χ1) is 14.7. The fourth-order valence-corrected chi connectivity index (χ4v) is 3.21. The number of carboxylic acids is 1. The average Bonchev–Trinajstić information content (AvgIpc) is 3.07. The Kier molecular flexibility index (Phi) is 6.14. The van der Waals surface area contributed by atoms with Gasteiger partial charge in [-0.1, -0.05) is 12.1 Å². The first-order valence-electron chi connectivity index (χ1n) is 9.56. The van der Waals surface area contributed by atoms with Gasteiger partial charge in [0.2, 0.25) is 0 Å². The van der Waals surface area contributed by atoms with Gasteiger partial charge in [0.15, 0.2) is 5.71 Å². The number of hydrogen-bond donors (Lipinski definition) is 1. The predicted octanol–water partition coefficient (Wildman–Crippen LogP) is 4.58. The number of carboxylic acid groups (broad SMARTS) is 1. The molecule has 0 unspecified atom stereocenters. The number of hydrazone groups is 1. The molecule has 0 saturated heterocycles. The smallest absolute Gasteiger partial charge is 0.435 e. The molecule has 1 aliphatic rings. The molecule has 6 nitrogen and oxygen atoms in total. The summed E-state index contributed by atoms with van der Waals surface area (Å²) in [6.07, 6.45) is -3.68. The Labute approximate surface area is 176 Å². The van der Waals surface area contributed by atoms with Crippen LogP contribution in [0.1, 0.15) is 29.8 Å². The standard InChI is InChI=1S/C22H20F3N3O3/c1-3-27(4-2)16-9-5-14(6-10-16)13-18-19(22(23,24)25)26-28(20(18)29)17-11-7-15(8-12-17)21(30)31/h5-13H,3-4H2,1-2H3,(H,30,31)/b18-13-. The van der Waals surface area contributed by atoms with Crippen LogP contribution in [0.5, 0.6) is 0 Å². The molecule has 0 atom stereocenters. The molecule has 0 radical (unpaired) electrons. The zero-order valence-corrected chi connectivity index (χ0v) is 16.8. The van der Waals surface area contributed by atoms with Crippen LogP contribution in [0.4, 0.5) is 24.5 Å². The molecule has 0 spiro atoms. The zero-order valence-electron chi connectivity index (χ0n) is 16.8. The average molecular weight is 431 g/mol. The molecule has 1 N–H and O–H groups in total. The van der Waals surface area contributed by atoms with E-state index in [-0.39, 0.29) is 11.3 Å². The predicted molar refractivity (Wildman–Crippen MR) is 112 cm³/mol. The minimum absolute atomic E-state index is 0.0389. The maximum absolute atomic E-state index is 13.6. The van der Waals surface area contributed by atoms with Gasteiger partial charge in [-0.25, -0.2) is 4.79 Å². The fourth-order valence-electron chi connectivity index (χ4n) is 3.21. The molecule has 2 aromatic carbocycles. The highest BCUT2D eigenvalue weighted by Crippen LogP contribution is 2.33. The number of carbonyl (C=O) groups excluding carboxylic acids is 1. The van der Waals surface area contributed by atoms with Gasteiger partial charge in [-0.05, 0) is 61.9 Å². The Morgan fingerprint density at radius 2 is 1.65 bits per heavy atom. The fraction of sp³-hybridized carbons (Fsp3) is 0.227. The summed E-state index contributed by atoms with van der Waals surface area (Å²) in [5, 5.41) is 13.1. The maximum atomic E-state index is 13.6. The van der Waals surface area contributed by atoms with Gasteiger partial charge < -0.3 is 10.0 Å². The number of halogens is 3. The number of rotatable bonds is 6. The van der Waals surface area contributed by atoms with Crippen LogP contribution in [0.15, 0.2) is 59.2 Å². The summed E-state index contributed by atoms with van der Waals surface area (Å²) in [5.74, 6) is -2.13. The largest absolute Gasteiger partial charge is 0.478 e. The quantitative estimate of drug-likeness (QED) is 0.680. The number of aromatic carboxylic acids is 1. The topological polar surface area (TPSA) is 73.2 Å². The van der Waals surface area contributed by atoms with Gasteiger partial charge in [-0.15, -0.1) is 0 Å². The highest BCUT2D eigenvalue weighted by Gasteiger charge is 2.46. The van der Waals surface area contributed by atoms with Crippen molar-refractivity contribution in [2.45, 2.75) is 20.0 Å². The van der Waals surface area contributed by atoms with Crippen molar-refractivity contribution in [1.29, 1.82) is 0 Å². The molecule has 3 rings (SSSR count). The number of hydrogen-bond acceptors (Lipinski definition) is 4. The van der Waals surface area contributed by atoms with Crippen molar-refractivity contribution in [2.24, 2.45) is 5.10 Å². The van der Waals surface area contributed by atoms with E-state index in [9.17, 15) is 22.8 Å². The molecule has 0 saturated carbocycles. The van der Waals surface area contributed by atoms with E-state index in [1.54, 1.807) is 24.3 Å². The second kappa shape index (κ2) is 8.63. The Morgan fingerprint density at radius 3 is 2.13 bits per heavy atom. The number of benzene rings is 2. The van der Waals surface area contributed by atoms with Crippen molar-refractivity contribution in [1.82, 2.24) is 0 Å². The molecule has 9 heteroatoms. The van der Waals surface area contributed by atoms with Crippen molar-refractivity contribution in [3.05, 3.63) is 65.2 Å². The van der Waals surface area contributed by atoms with E-state index in [0.29, 0.717) is 10.6 Å². The Hall–Kier alpha value is -3.62. The zero-order chi connectivity index (χ0) is 22.8. The maximum Gasteiger partial charge on any atom is 0.435 e. The molecule has 31 heavy (non-hydrogen) atoms. The number of alkyl halides is 3. The van der Waals surface area contributed by atoms with Crippen LogP contribution in [0.2, 0.25) is 0 Å². The normalized spacial score (nSPS) is 15.4. The van der Waals surface area contributed by atoms with Crippen molar-refractivity contribution in [3.8, 4) is 0 Å². The van der Waals surface area contributed by atoms with Crippen molar-refractivity contribution in [3.63, 3.8) is 0 Å². The third-order valence-corrected chi connectivity index (χ3v) is 4.84.